The third-order valence-corrected chi connectivity index (χ3v) is 2.81. The average Bonchev–Trinajstić information content (AvgIpc) is 2.19. The van der Waals surface area contributed by atoms with Crippen LogP contribution in [0, 0.1) is 0 Å². The van der Waals surface area contributed by atoms with Gasteiger partial charge in [-0.05, 0) is 26.3 Å². The summed E-state index contributed by atoms with van der Waals surface area (Å²) >= 11 is 0. The van der Waals surface area contributed by atoms with Gasteiger partial charge >= 0.3 is 0 Å². The zero-order chi connectivity index (χ0) is 11.5. The van der Waals surface area contributed by atoms with Crippen LogP contribution in [0.4, 0.5) is 0 Å². The Labute approximate surface area is 90.9 Å². The van der Waals surface area contributed by atoms with Crippen molar-refractivity contribution in [3.63, 3.8) is 0 Å². The molecule has 2 heteroatoms. The molecular formula is C13H18O2. The van der Waals surface area contributed by atoms with Crippen molar-refractivity contribution >= 4 is 0 Å². The van der Waals surface area contributed by atoms with Crippen molar-refractivity contribution in [2.24, 2.45) is 0 Å². The summed E-state index contributed by atoms with van der Waals surface area (Å²) in [4.78, 5) is 0. The van der Waals surface area contributed by atoms with Gasteiger partial charge in [0.25, 0.3) is 0 Å². The highest BCUT2D eigenvalue weighted by atomic mass is 16.4. The van der Waals surface area contributed by atoms with Crippen LogP contribution in [0.1, 0.15) is 26.3 Å². The summed E-state index contributed by atoms with van der Waals surface area (Å²) in [5.74, 6) is 0. The molecule has 2 nitrogen and oxygen atoms in total. The minimum Gasteiger partial charge on any atom is -0.383 e. The van der Waals surface area contributed by atoms with Crippen LogP contribution in [-0.4, -0.2) is 15.8 Å². The van der Waals surface area contributed by atoms with E-state index in [1.54, 1.807) is 38.1 Å². The zero-order valence-corrected chi connectivity index (χ0v) is 9.44. The molecule has 1 rings (SSSR count). The van der Waals surface area contributed by atoms with Gasteiger partial charge < -0.3 is 10.2 Å². The van der Waals surface area contributed by atoms with Crippen molar-refractivity contribution in [2.45, 2.75) is 32.0 Å². The smallest absolute Gasteiger partial charge is 0.119 e. The summed E-state index contributed by atoms with van der Waals surface area (Å²) in [6, 6.07) is 9.17. The van der Waals surface area contributed by atoms with Crippen LogP contribution >= 0.6 is 0 Å². The quantitative estimate of drug-likeness (QED) is 0.744. The first-order valence-electron chi connectivity index (χ1n) is 5.06. The van der Waals surface area contributed by atoms with Crippen LogP contribution in [0.5, 0.6) is 0 Å². The van der Waals surface area contributed by atoms with Gasteiger partial charge in [0.1, 0.15) is 11.2 Å². The number of allylic oxidation sites excluding steroid dienone is 1. The van der Waals surface area contributed by atoms with E-state index >= 15 is 0 Å². The van der Waals surface area contributed by atoms with Gasteiger partial charge in [-0.25, -0.2) is 0 Å². The molecule has 0 amide bonds. The Balaban J connectivity index is 3.12. The molecule has 82 valence electrons. The van der Waals surface area contributed by atoms with Gasteiger partial charge in [0.15, 0.2) is 0 Å². The van der Waals surface area contributed by atoms with Gasteiger partial charge in [0.05, 0.1) is 0 Å². The first-order valence-corrected chi connectivity index (χ1v) is 5.06. The fourth-order valence-corrected chi connectivity index (χ4v) is 1.54. The molecule has 0 spiro atoms. The van der Waals surface area contributed by atoms with E-state index in [1.165, 1.54) is 0 Å². The molecule has 2 N–H and O–H groups in total. The van der Waals surface area contributed by atoms with Crippen LogP contribution < -0.4 is 0 Å². The maximum Gasteiger partial charge on any atom is 0.119 e. The summed E-state index contributed by atoms with van der Waals surface area (Å²) in [5.41, 5.74) is -1.86. The highest BCUT2D eigenvalue weighted by Gasteiger charge is 2.40. The summed E-state index contributed by atoms with van der Waals surface area (Å²) < 4.78 is 0. The van der Waals surface area contributed by atoms with Crippen molar-refractivity contribution in [1.29, 1.82) is 0 Å². The van der Waals surface area contributed by atoms with Crippen LogP contribution in [0.25, 0.3) is 0 Å². The number of hydrogen-bond donors (Lipinski definition) is 2. The van der Waals surface area contributed by atoms with E-state index in [0.29, 0.717) is 5.56 Å². The molecule has 1 aromatic carbocycles. The molecule has 0 saturated heterocycles. The first-order chi connectivity index (χ1) is 6.92. The molecular weight excluding hydrogens is 188 g/mol. The Kier molecular flexibility index (Phi) is 3.32. The monoisotopic (exact) mass is 206 g/mol. The lowest BCUT2D eigenvalue weighted by Gasteiger charge is -2.36. The third kappa shape index (κ3) is 2.28. The van der Waals surface area contributed by atoms with Crippen LogP contribution in [0.15, 0.2) is 42.5 Å². The van der Waals surface area contributed by atoms with Crippen molar-refractivity contribution in [3.8, 4) is 0 Å². The number of aliphatic hydroxyl groups is 2. The SMILES string of the molecule is CC=CC(C)(O)C(C)(O)c1ccccc1. The minimum atomic E-state index is -1.29. The van der Waals surface area contributed by atoms with E-state index in [0.717, 1.165) is 0 Å². The Morgan fingerprint density at radius 1 is 1.07 bits per heavy atom. The van der Waals surface area contributed by atoms with Crippen LogP contribution in [0.2, 0.25) is 0 Å². The lowest BCUT2D eigenvalue weighted by atomic mass is 9.80. The minimum absolute atomic E-state index is 0.702. The van der Waals surface area contributed by atoms with E-state index in [9.17, 15) is 10.2 Å². The van der Waals surface area contributed by atoms with E-state index in [1.807, 2.05) is 25.1 Å². The van der Waals surface area contributed by atoms with Gasteiger partial charge in [-0.15, -0.1) is 0 Å². The number of rotatable bonds is 3. The molecule has 15 heavy (non-hydrogen) atoms. The molecule has 0 saturated carbocycles. The summed E-state index contributed by atoms with van der Waals surface area (Å²) in [6.07, 6.45) is 3.33. The fraction of sp³-hybridized carbons (Fsp3) is 0.385. The van der Waals surface area contributed by atoms with E-state index < -0.39 is 11.2 Å². The van der Waals surface area contributed by atoms with Crippen LogP contribution in [-0.2, 0) is 5.60 Å². The van der Waals surface area contributed by atoms with Crippen molar-refractivity contribution in [3.05, 3.63) is 48.0 Å². The molecule has 0 bridgehead atoms. The highest BCUT2D eigenvalue weighted by Crippen LogP contribution is 2.33. The molecule has 0 fully saturated rings. The second kappa shape index (κ2) is 4.17. The Morgan fingerprint density at radius 2 is 1.60 bits per heavy atom. The number of hydrogen-bond acceptors (Lipinski definition) is 2. The molecule has 0 aromatic heterocycles. The largest absolute Gasteiger partial charge is 0.383 e. The molecule has 2 unspecified atom stereocenters. The second-order valence-corrected chi connectivity index (χ2v) is 4.09. The van der Waals surface area contributed by atoms with Crippen LogP contribution in [0.3, 0.4) is 0 Å². The lowest BCUT2D eigenvalue weighted by Crippen LogP contribution is -2.45. The van der Waals surface area contributed by atoms with Gasteiger partial charge in [-0.3, -0.25) is 0 Å². The van der Waals surface area contributed by atoms with Crippen molar-refractivity contribution in [1.82, 2.24) is 0 Å². The fourth-order valence-electron chi connectivity index (χ4n) is 1.54. The average molecular weight is 206 g/mol. The van der Waals surface area contributed by atoms with Crippen molar-refractivity contribution in [2.75, 3.05) is 0 Å². The predicted molar refractivity (Wildman–Crippen MR) is 61.5 cm³/mol. The normalized spacial score (nSPS) is 19.8. The molecule has 0 aliphatic carbocycles. The standard InChI is InChI=1S/C13H18O2/c1-4-10-12(2,14)13(3,15)11-8-6-5-7-9-11/h4-10,14-15H,1-3H3. The first kappa shape index (κ1) is 12.0. The van der Waals surface area contributed by atoms with Gasteiger partial charge in [0, 0.05) is 0 Å². The maximum absolute atomic E-state index is 10.3. The molecule has 0 radical (unpaired) electrons. The Bertz CT molecular complexity index is 337. The van der Waals surface area contributed by atoms with E-state index in [-0.39, 0.29) is 0 Å². The van der Waals surface area contributed by atoms with E-state index in [2.05, 4.69) is 0 Å². The predicted octanol–water partition coefficient (Wildman–Crippen LogP) is 2.22. The molecule has 0 aliphatic heterocycles. The van der Waals surface area contributed by atoms with Crippen molar-refractivity contribution < 1.29 is 10.2 Å². The van der Waals surface area contributed by atoms with Gasteiger partial charge in [-0.1, -0.05) is 42.5 Å². The topological polar surface area (TPSA) is 40.5 Å². The summed E-state index contributed by atoms with van der Waals surface area (Å²) in [6.45, 7) is 5.03. The third-order valence-electron chi connectivity index (χ3n) is 2.81. The Morgan fingerprint density at radius 3 is 2.07 bits per heavy atom. The molecule has 0 aliphatic rings. The lowest BCUT2D eigenvalue weighted by molar-refractivity contribution is -0.107. The van der Waals surface area contributed by atoms with E-state index in [4.69, 9.17) is 0 Å². The highest BCUT2D eigenvalue weighted by molar-refractivity contribution is 5.27. The summed E-state index contributed by atoms with van der Waals surface area (Å²) in [7, 11) is 0. The van der Waals surface area contributed by atoms with Gasteiger partial charge in [-0.2, -0.15) is 0 Å². The maximum atomic E-state index is 10.3. The molecule has 1 aromatic rings. The number of benzene rings is 1. The molecule has 2 atom stereocenters. The zero-order valence-electron chi connectivity index (χ0n) is 9.44. The summed E-state index contributed by atoms with van der Waals surface area (Å²) in [5, 5.41) is 20.5. The second-order valence-electron chi connectivity index (χ2n) is 4.09. The van der Waals surface area contributed by atoms with Gasteiger partial charge in [0.2, 0.25) is 0 Å². The Hall–Kier alpha value is -1.12. The molecule has 0 heterocycles.